The Morgan fingerprint density at radius 3 is 2.36 bits per heavy atom. The number of carbonyl (C=O) groups excluding carboxylic acids is 1. The second kappa shape index (κ2) is 2.41. The molecular weight excluding hydrogens is 150 g/mol. The first-order chi connectivity index (χ1) is 5.10. The molecule has 0 saturated heterocycles. The molecule has 0 aromatic rings. The first-order valence-electron chi connectivity index (χ1n) is 3.20. The van der Waals surface area contributed by atoms with Gasteiger partial charge in [0.15, 0.2) is 0 Å². The summed E-state index contributed by atoms with van der Waals surface area (Å²) in [5.74, 6) is -0.997. The molecule has 1 rings (SSSR count). The third-order valence-corrected chi connectivity index (χ3v) is 1.69. The first-order valence-corrected chi connectivity index (χ1v) is 3.20. The van der Waals surface area contributed by atoms with Crippen LogP contribution >= 0.6 is 0 Å². The Morgan fingerprint density at radius 1 is 1.55 bits per heavy atom. The van der Waals surface area contributed by atoms with Gasteiger partial charge >= 0.3 is 12.1 Å². The molecule has 0 unspecified atom stereocenters. The Balaban J connectivity index is 2.48. The number of carboxylic acids is 1. The summed E-state index contributed by atoms with van der Waals surface area (Å²) in [4.78, 5) is 21.0. The SMILES string of the molecule is COC(=O)NC1(C(=O)O)CC1. The lowest BCUT2D eigenvalue weighted by Gasteiger charge is -2.09. The molecule has 11 heavy (non-hydrogen) atoms. The minimum atomic E-state index is -1.03. The Labute approximate surface area is 63.3 Å². The van der Waals surface area contributed by atoms with Crippen molar-refractivity contribution in [1.82, 2.24) is 5.32 Å². The van der Waals surface area contributed by atoms with Crippen molar-refractivity contribution in [3.8, 4) is 0 Å². The van der Waals surface area contributed by atoms with Crippen LogP contribution in [0, 0.1) is 0 Å². The van der Waals surface area contributed by atoms with Gasteiger partial charge in [-0.25, -0.2) is 9.59 Å². The van der Waals surface area contributed by atoms with E-state index >= 15 is 0 Å². The number of hydrogen-bond acceptors (Lipinski definition) is 3. The van der Waals surface area contributed by atoms with Crippen LogP contribution in [0.15, 0.2) is 0 Å². The maximum absolute atomic E-state index is 10.6. The zero-order chi connectivity index (χ0) is 8.48. The van der Waals surface area contributed by atoms with Gasteiger partial charge in [-0.1, -0.05) is 0 Å². The number of carboxylic acid groups (broad SMARTS) is 1. The van der Waals surface area contributed by atoms with Crippen LogP contribution in [0.1, 0.15) is 12.8 Å². The van der Waals surface area contributed by atoms with E-state index in [0.717, 1.165) is 0 Å². The summed E-state index contributed by atoms with van der Waals surface area (Å²) < 4.78 is 4.26. The maximum atomic E-state index is 10.6. The fraction of sp³-hybridized carbons (Fsp3) is 0.667. The van der Waals surface area contributed by atoms with Gasteiger partial charge in [-0.2, -0.15) is 0 Å². The average Bonchev–Trinajstić information content (AvgIpc) is 2.69. The van der Waals surface area contributed by atoms with E-state index in [2.05, 4.69) is 10.1 Å². The van der Waals surface area contributed by atoms with E-state index in [1.165, 1.54) is 7.11 Å². The fourth-order valence-electron chi connectivity index (χ4n) is 0.764. The van der Waals surface area contributed by atoms with Gasteiger partial charge in [0.05, 0.1) is 7.11 Å². The van der Waals surface area contributed by atoms with Crippen LogP contribution in [0.5, 0.6) is 0 Å². The lowest BCUT2D eigenvalue weighted by molar-refractivity contribution is -0.140. The van der Waals surface area contributed by atoms with Crippen LogP contribution in [0.4, 0.5) is 4.79 Å². The summed E-state index contributed by atoms with van der Waals surface area (Å²) in [7, 11) is 1.20. The van der Waals surface area contributed by atoms with Gasteiger partial charge in [-0.3, -0.25) is 0 Å². The summed E-state index contributed by atoms with van der Waals surface area (Å²) in [5, 5.41) is 10.8. The van der Waals surface area contributed by atoms with Crippen molar-refractivity contribution in [3.05, 3.63) is 0 Å². The zero-order valence-corrected chi connectivity index (χ0v) is 6.09. The van der Waals surface area contributed by atoms with Gasteiger partial charge in [0.25, 0.3) is 0 Å². The standard InChI is InChI=1S/C6H9NO4/c1-11-5(10)7-6(2-3-6)4(8)9/h2-3H2,1H3,(H,7,10)(H,8,9). The molecule has 0 bridgehead atoms. The summed E-state index contributed by atoms with van der Waals surface area (Å²) in [6.07, 6.45) is 0.277. The van der Waals surface area contributed by atoms with Crippen LogP contribution in [-0.4, -0.2) is 29.8 Å². The average molecular weight is 159 g/mol. The van der Waals surface area contributed by atoms with Crippen molar-refractivity contribution in [2.45, 2.75) is 18.4 Å². The molecule has 2 N–H and O–H groups in total. The molecule has 0 radical (unpaired) electrons. The molecule has 0 aromatic carbocycles. The van der Waals surface area contributed by atoms with E-state index in [9.17, 15) is 9.59 Å². The fourth-order valence-corrected chi connectivity index (χ4v) is 0.764. The molecule has 0 heterocycles. The molecule has 1 aliphatic rings. The summed E-state index contributed by atoms with van der Waals surface area (Å²) in [6, 6.07) is 0. The van der Waals surface area contributed by atoms with Crippen LogP contribution in [0.2, 0.25) is 0 Å². The lowest BCUT2D eigenvalue weighted by Crippen LogP contribution is -2.42. The number of carbonyl (C=O) groups is 2. The van der Waals surface area contributed by atoms with Gasteiger partial charge in [-0.15, -0.1) is 0 Å². The molecule has 1 aliphatic carbocycles. The third kappa shape index (κ3) is 1.42. The van der Waals surface area contributed by atoms with Gasteiger partial charge in [0, 0.05) is 0 Å². The van der Waals surface area contributed by atoms with Crippen LogP contribution in [-0.2, 0) is 9.53 Å². The highest BCUT2D eigenvalue weighted by atomic mass is 16.5. The van der Waals surface area contributed by atoms with Crippen molar-refractivity contribution in [2.24, 2.45) is 0 Å². The Bertz CT molecular complexity index is 197. The van der Waals surface area contributed by atoms with E-state index in [-0.39, 0.29) is 0 Å². The Hall–Kier alpha value is -1.26. The molecule has 0 aromatic heterocycles. The number of ether oxygens (including phenoxy) is 1. The molecule has 0 aliphatic heterocycles. The number of hydrogen-bond donors (Lipinski definition) is 2. The number of amides is 1. The van der Waals surface area contributed by atoms with Crippen molar-refractivity contribution in [1.29, 1.82) is 0 Å². The molecule has 5 nitrogen and oxygen atoms in total. The van der Waals surface area contributed by atoms with Crippen LogP contribution < -0.4 is 5.32 Å². The van der Waals surface area contributed by atoms with Crippen molar-refractivity contribution < 1.29 is 19.4 Å². The number of alkyl carbamates (subject to hydrolysis) is 1. The van der Waals surface area contributed by atoms with Gasteiger partial charge < -0.3 is 15.2 Å². The van der Waals surface area contributed by atoms with Crippen molar-refractivity contribution in [3.63, 3.8) is 0 Å². The summed E-state index contributed by atoms with van der Waals surface area (Å²) in [5.41, 5.74) is -1.03. The largest absolute Gasteiger partial charge is 0.480 e. The number of rotatable bonds is 2. The predicted molar refractivity (Wildman–Crippen MR) is 35.1 cm³/mol. The molecule has 1 fully saturated rings. The second-order valence-corrected chi connectivity index (χ2v) is 2.50. The molecule has 1 amide bonds. The normalized spacial score (nSPS) is 18.6. The van der Waals surface area contributed by atoms with E-state index in [0.29, 0.717) is 12.8 Å². The molecule has 0 atom stereocenters. The van der Waals surface area contributed by atoms with Crippen molar-refractivity contribution in [2.75, 3.05) is 7.11 Å². The summed E-state index contributed by atoms with van der Waals surface area (Å²) >= 11 is 0. The quantitative estimate of drug-likeness (QED) is 0.592. The first kappa shape index (κ1) is 7.84. The van der Waals surface area contributed by atoms with Gasteiger partial charge in [0.1, 0.15) is 5.54 Å². The lowest BCUT2D eigenvalue weighted by atomic mass is 10.3. The zero-order valence-electron chi connectivity index (χ0n) is 6.09. The van der Waals surface area contributed by atoms with Gasteiger partial charge in [0.2, 0.25) is 0 Å². The number of nitrogens with one attached hydrogen (secondary N) is 1. The molecular formula is C6H9NO4. The van der Waals surface area contributed by atoms with Crippen molar-refractivity contribution >= 4 is 12.1 Å². The minimum Gasteiger partial charge on any atom is -0.480 e. The highest BCUT2D eigenvalue weighted by Gasteiger charge is 2.52. The number of aliphatic carboxylic acids is 1. The van der Waals surface area contributed by atoms with E-state index in [1.54, 1.807) is 0 Å². The van der Waals surface area contributed by atoms with Crippen LogP contribution in [0.25, 0.3) is 0 Å². The predicted octanol–water partition coefficient (Wildman–Crippen LogP) is -0.0404. The minimum absolute atomic E-state index is 0.484. The molecule has 0 spiro atoms. The molecule has 1 saturated carbocycles. The summed E-state index contributed by atoms with van der Waals surface area (Å²) in [6.45, 7) is 0. The maximum Gasteiger partial charge on any atom is 0.407 e. The van der Waals surface area contributed by atoms with E-state index in [4.69, 9.17) is 5.11 Å². The smallest absolute Gasteiger partial charge is 0.407 e. The third-order valence-electron chi connectivity index (χ3n) is 1.69. The topological polar surface area (TPSA) is 75.6 Å². The monoisotopic (exact) mass is 159 g/mol. The molecule has 5 heteroatoms. The second-order valence-electron chi connectivity index (χ2n) is 2.50. The Morgan fingerprint density at radius 2 is 2.09 bits per heavy atom. The van der Waals surface area contributed by atoms with E-state index in [1.807, 2.05) is 0 Å². The number of methoxy groups -OCH3 is 1. The van der Waals surface area contributed by atoms with E-state index < -0.39 is 17.6 Å². The van der Waals surface area contributed by atoms with Gasteiger partial charge in [-0.05, 0) is 12.8 Å². The van der Waals surface area contributed by atoms with Crippen LogP contribution in [0.3, 0.4) is 0 Å². The highest BCUT2D eigenvalue weighted by molar-refractivity contribution is 5.87. The molecule has 62 valence electrons. The Kier molecular flexibility index (Phi) is 1.72. The highest BCUT2D eigenvalue weighted by Crippen LogP contribution is 2.35.